The van der Waals surface area contributed by atoms with Gasteiger partial charge in [0.25, 0.3) is 0 Å². The number of rotatable bonds is 16. The summed E-state index contributed by atoms with van der Waals surface area (Å²) in [6.07, 6.45) is 8.77. The Morgan fingerprint density at radius 1 is 0.930 bits per heavy atom. The number of benzene rings is 3. The zero-order chi connectivity index (χ0) is 30.8. The molecule has 43 heavy (non-hydrogen) atoms. The van der Waals surface area contributed by atoms with Crippen LogP contribution >= 0.6 is 11.6 Å². The highest BCUT2D eigenvalue weighted by atomic mass is 35.5. The minimum Gasteiger partial charge on any atom is -0.390 e. The fourth-order valence-corrected chi connectivity index (χ4v) is 6.98. The van der Waals surface area contributed by atoms with E-state index in [1.54, 1.807) is 6.20 Å². The molecule has 1 aliphatic heterocycles. The molecule has 1 unspecified atom stereocenters. The number of likely N-dealkylation sites (tertiary alicyclic amines) is 1. The molecule has 232 valence electrons. The maximum Gasteiger partial charge on any atom is 0.0441 e. The van der Waals surface area contributed by atoms with Gasteiger partial charge in [0.05, 0.1) is 0 Å². The lowest BCUT2D eigenvalue weighted by Crippen LogP contribution is -2.30. The van der Waals surface area contributed by atoms with Gasteiger partial charge in [-0.2, -0.15) is 0 Å². The molecule has 4 heteroatoms. The van der Waals surface area contributed by atoms with Gasteiger partial charge in [0.15, 0.2) is 0 Å². The van der Waals surface area contributed by atoms with Crippen molar-refractivity contribution in [3.8, 4) is 11.1 Å². The second kappa shape index (κ2) is 16.5. The molecule has 0 aromatic heterocycles. The fourth-order valence-electron chi connectivity index (χ4n) is 6.70. The van der Waals surface area contributed by atoms with Crippen molar-refractivity contribution < 1.29 is 0 Å². The number of likely N-dealkylation sites (N-methyl/N-ethyl adjacent to an activating group) is 1. The van der Waals surface area contributed by atoms with E-state index in [4.69, 9.17) is 11.6 Å². The van der Waals surface area contributed by atoms with Crippen molar-refractivity contribution in [2.75, 3.05) is 39.3 Å². The summed E-state index contributed by atoms with van der Waals surface area (Å²) in [6, 6.07) is 18.2. The van der Waals surface area contributed by atoms with Gasteiger partial charge >= 0.3 is 0 Å². The molecule has 1 saturated heterocycles. The molecule has 1 fully saturated rings. The third kappa shape index (κ3) is 9.20. The maximum absolute atomic E-state index is 6.87. The van der Waals surface area contributed by atoms with Crippen LogP contribution in [-0.2, 0) is 25.8 Å². The molecule has 1 N–H and O–H groups in total. The molecule has 1 heterocycles. The van der Waals surface area contributed by atoms with Gasteiger partial charge in [-0.3, -0.25) is 4.90 Å². The fraction of sp³-hybridized carbons (Fsp3) is 0.487. The largest absolute Gasteiger partial charge is 0.390 e. The SMILES string of the molecule is C=CNCCN(CC)Cc1cc(Cl)c(CCc2cccc(-c3cccc(CCCCN4CCC(C)C4)c3C)c2C)cc1C. The summed E-state index contributed by atoms with van der Waals surface area (Å²) in [4.78, 5) is 5.09. The first-order chi connectivity index (χ1) is 20.8. The van der Waals surface area contributed by atoms with Crippen molar-refractivity contribution in [2.45, 2.75) is 79.7 Å². The summed E-state index contributed by atoms with van der Waals surface area (Å²) in [5.74, 6) is 0.872. The van der Waals surface area contributed by atoms with Crippen LogP contribution in [0.25, 0.3) is 11.1 Å². The minimum absolute atomic E-state index is 0.872. The Bertz CT molecular complexity index is 1350. The van der Waals surface area contributed by atoms with Crippen LogP contribution in [0.3, 0.4) is 0 Å². The Labute approximate surface area is 267 Å². The van der Waals surface area contributed by atoms with Gasteiger partial charge in [0, 0.05) is 31.2 Å². The summed E-state index contributed by atoms with van der Waals surface area (Å²) >= 11 is 6.87. The number of halogens is 1. The van der Waals surface area contributed by atoms with Crippen molar-refractivity contribution >= 4 is 11.6 Å². The maximum atomic E-state index is 6.87. The monoisotopic (exact) mass is 599 g/mol. The lowest BCUT2D eigenvalue weighted by molar-refractivity contribution is 0.282. The van der Waals surface area contributed by atoms with Gasteiger partial charge in [-0.25, -0.2) is 0 Å². The van der Waals surface area contributed by atoms with Crippen LogP contribution in [0.2, 0.25) is 5.02 Å². The highest BCUT2D eigenvalue weighted by Crippen LogP contribution is 2.32. The highest BCUT2D eigenvalue weighted by molar-refractivity contribution is 6.31. The molecule has 1 aliphatic rings. The van der Waals surface area contributed by atoms with E-state index in [1.807, 2.05) is 0 Å². The molecule has 0 amide bonds. The van der Waals surface area contributed by atoms with Crippen LogP contribution in [0, 0.1) is 26.7 Å². The van der Waals surface area contributed by atoms with Gasteiger partial charge in [-0.15, -0.1) is 0 Å². The Balaban J connectivity index is 1.40. The molecule has 3 aromatic rings. The third-order valence-electron chi connectivity index (χ3n) is 9.59. The van der Waals surface area contributed by atoms with Crippen molar-refractivity contribution in [1.82, 2.24) is 15.1 Å². The summed E-state index contributed by atoms with van der Waals surface area (Å²) in [5.41, 5.74) is 12.4. The van der Waals surface area contributed by atoms with E-state index in [0.717, 1.165) is 56.4 Å². The van der Waals surface area contributed by atoms with Crippen LogP contribution in [0.1, 0.15) is 72.1 Å². The predicted molar refractivity (Wildman–Crippen MR) is 187 cm³/mol. The Kier molecular flexibility index (Phi) is 12.8. The van der Waals surface area contributed by atoms with Gasteiger partial charge in [0.1, 0.15) is 0 Å². The second-order valence-corrected chi connectivity index (χ2v) is 13.1. The van der Waals surface area contributed by atoms with Crippen molar-refractivity contribution in [1.29, 1.82) is 0 Å². The van der Waals surface area contributed by atoms with E-state index in [1.165, 1.54) is 89.0 Å². The number of nitrogens with zero attached hydrogens (tertiary/aromatic N) is 2. The smallest absolute Gasteiger partial charge is 0.0441 e. The first kappa shape index (κ1) is 33.3. The molecular weight excluding hydrogens is 546 g/mol. The normalized spacial score (nSPS) is 15.4. The molecule has 3 aromatic carbocycles. The quantitative estimate of drug-likeness (QED) is 0.166. The Morgan fingerprint density at radius 3 is 2.23 bits per heavy atom. The second-order valence-electron chi connectivity index (χ2n) is 12.7. The number of nitrogens with one attached hydrogen (secondary N) is 1. The van der Waals surface area contributed by atoms with Crippen LogP contribution in [0.5, 0.6) is 0 Å². The number of unbranched alkanes of at least 4 members (excludes halogenated alkanes) is 1. The van der Waals surface area contributed by atoms with E-state index >= 15 is 0 Å². The van der Waals surface area contributed by atoms with Gasteiger partial charge in [0.2, 0.25) is 0 Å². The van der Waals surface area contributed by atoms with E-state index in [2.05, 4.69) is 105 Å². The molecule has 0 aliphatic carbocycles. The standard InChI is InChI=1S/C39H54ClN3/c1-7-41-21-24-42(8-2)28-36-26-39(40)35(25-30(36)4)19-18-34-15-12-17-38(32(34)6)37-16-11-14-33(31(37)5)13-9-10-22-43-23-20-29(3)27-43/h7,11-12,14-17,25-26,29,41H,1,8-10,13,18-24,27-28H2,2-6H3. The van der Waals surface area contributed by atoms with Crippen molar-refractivity contribution in [3.63, 3.8) is 0 Å². The highest BCUT2D eigenvalue weighted by Gasteiger charge is 2.18. The number of hydrogen-bond donors (Lipinski definition) is 1. The van der Waals surface area contributed by atoms with Gasteiger partial charge < -0.3 is 10.2 Å². The van der Waals surface area contributed by atoms with Crippen LogP contribution in [-0.4, -0.2) is 49.1 Å². The molecule has 0 saturated carbocycles. The zero-order valence-electron chi connectivity index (χ0n) is 27.4. The van der Waals surface area contributed by atoms with Gasteiger partial charge in [-0.1, -0.05) is 74.5 Å². The molecule has 3 nitrogen and oxygen atoms in total. The molecule has 0 spiro atoms. The summed E-state index contributed by atoms with van der Waals surface area (Å²) in [7, 11) is 0. The van der Waals surface area contributed by atoms with Gasteiger partial charge in [-0.05, 0) is 147 Å². The predicted octanol–water partition coefficient (Wildman–Crippen LogP) is 8.94. The molecule has 0 bridgehead atoms. The third-order valence-corrected chi connectivity index (χ3v) is 9.94. The number of aryl methyl sites for hydroxylation is 4. The lowest BCUT2D eigenvalue weighted by atomic mass is 9.89. The van der Waals surface area contributed by atoms with E-state index in [0.29, 0.717) is 0 Å². The molecule has 1 atom stereocenters. The van der Waals surface area contributed by atoms with E-state index in [-0.39, 0.29) is 0 Å². The van der Waals surface area contributed by atoms with Crippen LogP contribution in [0.4, 0.5) is 0 Å². The molecular formula is C39H54ClN3. The van der Waals surface area contributed by atoms with Crippen LogP contribution < -0.4 is 5.32 Å². The Hall–Kier alpha value is -2.59. The first-order valence-electron chi connectivity index (χ1n) is 16.5. The summed E-state index contributed by atoms with van der Waals surface area (Å²) in [5, 5.41) is 4.09. The first-order valence-corrected chi connectivity index (χ1v) is 16.9. The molecule has 0 radical (unpaired) electrons. The van der Waals surface area contributed by atoms with Crippen molar-refractivity contribution in [2.24, 2.45) is 5.92 Å². The zero-order valence-corrected chi connectivity index (χ0v) is 28.2. The van der Waals surface area contributed by atoms with Crippen molar-refractivity contribution in [3.05, 3.63) is 105 Å². The Morgan fingerprint density at radius 2 is 1.60 bits per heavy atom. The number of hydrogen-bond acceptors (Lipinski definition) is 3. The summed E-state index contributed by atoms with van der Waals surface area (Å²) in [6.45, 7) is 22.8. The molecule has 4 rings (SSSR count). The van der Waals surface area contributed by atoms with Crippen LogP contribution in [0.15, 0.2) is 61.3 Å². The van der Waals surface area contributed by atoms with E-state index < -0.39 is 0 Å². The lowest BCUT2D eigenvalue weighted by Gasteiger charge is -2.22. The average molecular weight is 600 g/mol. The summed E-state index contributed by atoms with van der Waals surface area (Å²) < 4.78 is 0. The minimum atomic E-state index is 0.872. The topological polar surface area (TPSA) is 18.5 Å². The van der Waals surface area contributed by atoms with E-state index in [9.17, 15) is 0 Å². The average Bonchev–Trinajstić information content (AvgIpc) is 3.42.